The molecule has 3 aromatic rings. The van der Waals surface area contributed by atoms with Gasteiger partial charge in [0, 0.05) is 23.7 Å². The summed E-state index contributed by atoms with van der Waals surface area (Å²) in [6, 6.07) is 21.9. The molecule has 36 heavy (non-hydrogen) atoms. The first-order valence-corrected chi connectivity index (χ1v) is 12.3. The molecule has 2 amide bonds. The first kappa shape index (κ1) is 27.5. The standard InChI is InChI=1S/C28H30Cl2N2O4/c1-28(2,3)36-27(34)32-23-12-10-21(11-13-23)26(33)31-16-22(20-7-5-4-6-8-20)18-35-17-19-9-14-24(29)25(30)15-19/h4-15,22H,16-18H2,1-3H3,(H,31,33)(H,32,34). The highest BCUT2D eigenvalue weighted by atomic mass is 35.5. The summed E-state index contributed by atoms with van der Waals surface area (Å²) in [7, 11) is 0. The molecule has 2 N–H and O–H groups in total. The van der Waals surface area contributed by atoms with E-state index in [0.29, 0.717) is 41.1 Å². The number of rotatable bonds is 9. The fourth-order valence-electron chi connectivity index (χ4n) is 3.39. The monoisotopic (exact) mass is 528 g/mol. The van der Waals surface area contributed by atoms with E-state index in [0.717, 1.165) is 11.1 Å². The molecule has 3 rings (SSSR count). The molecule has 0 saturated carbocycles. The molecule has 0 aliphatic rings. The van der Waals surface area contributed by atoms with Crippen molar-refractivity contribution in [3.05, 3.63) is 99.5 Å². The van der Waals surface area contributed by atoms with Crippen molar-refractivity contribution in [3.8, 4) is 0 Å². The summed E-state index contributed by atoms with van der Waals surface area (Å²) in [5, 5.41) is 6.62. The van der Waals surface area contributed by atoms with Crippen molar-refractivity contribution in [1.82, 2.24) is 5.32 Å². The van der Waals surface area contributed by atoms with Crippen LogP contribution < -0.4 is 10.6 Å². The normalized spacial score (nSPS) is 12.0. The van der Waals surface area contributed by atoms with Gasteiger partial charge in [-0.15, -0.1) is 0 Å². The van der Waals surface area contributed by atoms with Gasteiger partial charge in [-0.3, -0.25) is 10.1 Å². The number of benzene rings is 3. The lowest BCUT2D eigenvalue weighted by molar-refractivity contribution is 0.0635. The number of ether oxygens (including phenoxy) is 2. The van der Waals surface area contributed by atoms with Crippen LogP contribution in [0.5, 0.6) is 0 Å². The molecule has 1 atom stereocenters. The molecule has 0 aromatic heterocycles. The van der Waals surface area contributed by atoms with Gasteiger partial charge in [0.05, 0.1) is 23.3 Å². The van der Waals surface area contributed by atoms with E-state index in [4.69, 9.17) is 32.7 Å². The Kier molecular flexibility index (Phi) is 9.76. The van der Waals surface area contributed by atoms with Crippen molar-refractivity contribution in [2.24, 2.45) is 0 Å². The van der Waals surface area contributed by atoms with Crippen LogP contribution in [0.4, 0.5) is 10.5 Å². The molecule has 190 valence electrons. The molecule has 8 heteroatoms. The fraction of sp³-hybridized carbons (Fsp3) is 0.286. The molecular weight excluding hydrogens is 499 g/mol. The Labute approximate surface area is 221 Å². The van der Waals surface area contributed by atoms with E-state index in [-0.39, 0.29) is 11.8 Å². The minimum Gasteiger partial charge on any atom is -0.444 e. The van der Waals surface area contributed by atoms with Gasteiger partial charge in [-0.25, -0.2) is 4.79 Å². The smallest absolute Gasteiger partial charge is 0.412 e. The largest absolute Gasteiger partial charge is 0.444 e. The van der Waals surface area contributed by atoms with E-state index in [1.165, 1.54) is 0 Å². The van der Waals surface area contributed by atoms with Gasteiger partial charge < -0.3 is 14.8 Å². The lowest BCUT2D eigenvalue weighted by atomic mass is 10.00. The topological polar surface area (TPSA) is 76.7 Å². The fourth-order valence-corrected chi connectivity index (χ4v) is 3.71. The van der Waals surface area contributed by atoms with Gasteiger partial charge in [0.2, 0.25) is 0 Å². The summed E-state index contributed by atoms with van der Waals surface area (Å²) in [5.41, 5.74) is 2.40. The Hall–Kier alpha value is -3.06. The predicted octanol–water partition coefficient (Wildman–Crippen LogP) is 7.07. The summed E-state index contributed by atoms with van der Waals surface area (Å²) < 4.78 is 11.2. The Morgan fingerprint density at radius 3 is 2.25 bits per heavy atom. The summed E-state index contributed by atoms with van der Waals surface area (Å²) in [6.45, 7) is 6.55. The van der Waals surface area contributed by atoms with Gasteiger partial charge in [-0.2, -0.15) is 0 Å². The summed E-state index contributed by atoms with van der Waals surface area (Å²) in [6.07, 6.45) is -0.550. The van der Waals surface area contributed by atoms with Crippen LogP contribution in [-0.4, -0.2) is 30.8 Å². The molecule has 0 saturated heterocycles. The van der Waals surface area contributed by atoms with Crippen LogP contribution in [0.3, 0.4) is 0 Å². The first-order valence-electron chi connectivity index (χ1n) is 11.6. The van der Waals surface area contributed by atoms with Crippen LogP contribution in [0.25, 0.3) is 0 Å². The lowest BCUT2D eigenvalue weighted by Gasteiger charge is -2.20. The van der Waals surface area contributed by atoms with Crippen LogP contribution in [0.1, 0.15) is 48.2 Å². The third-order valence-corrected chi connectivity index (χ3v) is 5.88. The minimum atomic E-state index is -0.592. The van der Waals surface area contributed by atoms with Gasteiger partial charge in [0.1, 0.15) is 5.60 Å². The van der Waals surface area contributed by atoms with Crippen molar-refractivity contribution in [2.45, 2.75) is 38.9 Å². The van der Waals surface area contributed by atoms with Crippen LogP contribution >= 0.6 is 23.2 Å². The highest BCUT2D eigenvalue weighted by Crippen LogP contribution is 2.23. The summed E-state index contributed by atoms with van der Waals surface area (Å²) in [4.78, 5) is 24.7. The van der Waals surface area contributed by atoms with Crippen molar-refractivity contribution in [3.63, 3.8) is 0 Å². The molecular formula is C28H30Cl2N2O4. The maximum absolute atomic E-state index is 12.8. The van der Waals surface area contributed by atoms with Gasteiger partial charge >= 0.3 is 6.09 Å². The molecule has 0 bridgehead atoms. The van der Waals surface area contributed by atoms with Crippen molar-refractivity contribution in [2.75, 3.05) is 18.5 Å². The highest BCUT2D eigenvalue weighted by molar-refractivity contribution is 6.42. The van der Waals surface area contributed by atoms with Crippen molar-refractivity contribution in [1.29, 1.82) is 0 Å². The lowest BCUT2D eigenvalue weighted by Crippen LogP contribution is -2.30. The van der Waals surface area contributed by atoms with Gasteiger partial charge in [0.15, 0.2) is 0 Å². The average Bonchev–Trinajstić information content (AvgIpc) is 2.83. The van der Waals surface area contributed by atoms with Crippen LogP contribution in [-0.2, 0) is 16.1 Å². The zero-order valence-electron chi connectivity index (χ0n) is 20.5. The second-order valence-corrected chi connectivity index (χ2v) is 10.1. The summed E-state index contributed by atoms with van der Waals surface area (Å²) >= 11 is 12.1. The number of hydrogen-bond acceptors (Lipinski definition) is 4. The maximum Gasteiger partial charge on any atom is 0.412 e. The van der Waals surface area contributed by atoms with Crippen molar-refractivity contribution < 1.29 is 19.1 Å². The molecule has 3 aromatic carbocycles. The molecule has 0 fully saturated rings. The van der Waals surface area contributed by atoms with Crippen LogP contribution in [0, 0.1) is 0 Å². The Balaban J connectivity index is 1.57. The van der Waals surface area contributed by atoms with Gasteiger partial charge in [-0.05, 0) is 68.3 Å². The SMILES string of the molecule is CC(C)(C)OC(=O)Nc1ccc(C(=O)NCC(COCc2ccc(Cl)c(Cl)c2)c2ccccc2)cc1. The molecule has 0 heterocycles. The maximum atomic E-state index is 12.8. The number of nitrogens with one attached hydrogen (secondary N) is 2. The number of carbonyl (C=O) groups excluding carboxylic acids is 2. The van der Waals surface area contributed by atoms with Crippen molar-refractivity contribution >= 4 is 40.9 Å². The molecule has 0 aliphatic heterocycles. The van der Waals surface area contributed by atoms with E-state index in [2.05, 4.69) is 10.6 Å². The molecule has 0 spiro atoms. The number of hydrogen-bond donors (Lipinski definition) is 2. The van der Waals surface area contributed by atoms with E-state index < -0.39 is 11.7 Å². The number of carbonyl (C=O) groups is 2. The zero-order valence-corrected chi connectivity index (χ0v) is 22.0. The third-order valence-electron chi connectivity index (χ3n) is 5.14. The number of amides is 2. The molecule has 1 unspecified atom stereocenters. The van der Waals surface area contributed by atoms with Crippen LogP contribution in [0.2, 0.25) is 10.0 Å². The third kappa shape index (κ3) is 8.86. The summed E-state index contributed by atoms with van der Waals surface area (Å²) in [5.74, 6) is -0.268. The Bertz CT molecular complexity index is 1160. The Morgan fingerprint density at radius 2 is 1.61 bits per heavy atom. The average molecular weight is 529 g/mol. The van der Waals surface area contributed by atoms with E-state index in [9.17, 15) is 9.59 Å². The number of halogens is 2. The van der Waals surface area contributed by atoms with Gasteiger partial charge in [0.25, 0.3) is 5.91 Å². The van der Waals surface area contributed by atoms with E-state index in [1.54, 1.807) is 57.2 Å². The van der Waals surface area contributed by atoms with E-state index >= 15 is 0 Å². The molecule has 6 nitrogen and oxygen atoms in total. The highest BCUT2D eigenvalue weighted by Gasteiger charge is 2.17. The zero-order chi connectivity index (χ0) is 26.1. The Morgan fingerprint density at radius 1 is 0.917 bits per heavy atom. The first-order chi connectivity index (χ1) is 17.1. The molecule has 0 radical (unpaired) electrons. The predicted molar refractivity (Wildman–Crippen MR) is 144 cm³/mol. The quantitative estimate of drug-likeness (QED) is 0.311. The minimum absolute atomic E-state index is 0.0500. The van der Waals surface area contributed by atoms with Gasteiger partial charge in [-0.1, -0.05) is 59.6 Å². The molecule has 0 aliphatic carbocycles. The van der Waals surface area contributed by atoms with Crippen LogP contribution in [0.15, 0.2) is 72.8 Å². The second kappa shape index (κ2) is 12.8. The second-order valence-electron chi connectivity index (χ2n) is 9.29. The van der Waals surface area contributed by atoms with E-state index in [1.807, 2.05) is 36.4 Å². The number of anilines is 1.